The molecule has 0 saturated heterocycles. The number of carbonyl (C=O) groups excluding carboxylic acids is 6. The maximum absolute atomic E-state index is 14.0. The van der Waals surface area contributed by atoms with Crippen molar-refractivity contribution in [2.24, 2.45) is 35.1 Å². The molecule has 6 aliphatic carbocycles. The van der Waals surface area contributed by atoms with E-state index in [1.165, 1.54) is 17.0 Å². The maximum atomic E-state index is 14.0. The van der Waals surface area contributed by atoms with E-state index in [-0.39, 0.29) is 73.8 Å². The number of phenolic OH excluding ortho intramolecular Hbond substituents is 2. The molecule has 0 aromatic heterocycles. The van der Waals surface area contributed by atoms with E-state index in [1.54, 1.807) is 45.2 Å². The summed E-state index contributed by atoms with van der Waals surface area (Å²) in [5.41, 5.74) is 6.35. The van der Waals surface area contributed by atoms with Gasteiger partial charge in [0, 0.05) is 30.1 Å². The quantitative estimate of drug-likeness (QED) is 0.0915. The van der Waals surface area contributed by atoms with E-state index in [0.717, 1.165) is 12.7 Å². The number of aliphatic hydroxyl groups excluding tert-OH is 3. The Morgan fingerprint density at radius 1 is 0.648 bits per heavy atom. The number of aromatic hydroxyl groups is 2. The lowest BCUT2D eigenvalue weighted by molar-refractivity contribution is -0.163. The Bertz CT molecular complexity index is 2950. The molecule has 2 saturated carbocycles. The van der Waals surface area contributed by atoms with Crippen LogP contribution in [0.4, 0.5) is 0 Å². The zero-order valence-corrected chi connectivity index (χ0v) is 41.8. The minimum atomic E-state index is -2.65. The first-order valence-corrected chi connectivity index (χ1v) is 23.8. The van der Waals surface area contributed by atoms with Crippen molar-refractivity contribution in [2.75, 3.05) is 28.2 Å². The fourth-order valence-corrected chi connectivity index (χ4v) is 12.6. The summed E-state index contributed by atoms with van der Waals surface area (Å²) in [6.07, 6.45) is 0.838. The molecule has 3 aromatic carbocycles. The number of ether oxygens (including phenoxy) is 1. The number of hydrogen-bond donors (Lipinski definition) is 9. The predicted molar refractivity (Wildman–Crippen MR) is 276 cm³/mol. The molecule has 6 aliphatic rings. The summed E-state index contributed by atoms with van der Waals surface area (Å²) in [5.74, 6) is -11.9. The Balaban J connectivity index is 0.000000230. The maximum Gasteiger partial charge on any atom is 0.255 e. The zero-order chi connectivity index (χ0) is 50.5. The number of amides is 2. The minimum Gasteiger partial charge on any atom is -0.508 e. The molecule has 71 heavy (non-hydrogen) atoms. The number of carbonyl (C=O) groups is 6. The van der Waals surface area contributed by atoms with Gasteiger partial charge in [0.25, 0.3) is 11.8 Å². The number of ketones is 4. The third-order valence-electron chi connectivity index (χ3n) is 14.3. The number of likely N-dealkylation sites (N-methyl/N-ethyl adjacent to an activating group) is 2. The summed E-state index contributed by atoms with van der Waals surface area (Å²) in [6, 6.07) is 13.5. The molecule has 0 unspecified atom stereocenters. The number of hydrogen-bond acceptors (Lipinski definition) is 16. The summed E-state index contributed by atoms with van der Waals surface area (Å²) in [6.45, 7) is 0.0455. The smallest absolute Gasteiger partial charge is 0.255 e. The fourth-order valence-electron chi connectivity index (χ4n) is 11.3. The Morgan fingerprint density at radius 3 is 1.52 bits per heavy atom. The van der Waals surface area contributed by atoms with Gasteiger partial charge in [-0.1, -0.05) is 45.2 Å². The molecule has 3 aromatic rings. The highest BCUT2D eigenvalue weighted by Crippen LogP contribution is 2.55. The number of fused-ring (bicyclic) bond motifs is 6. The highest BCUT2D eigenvalue weighted by molar-refractivity contribution is 14.1. The molecule has 11 N–H and O–H groups in total. The first kappa shape index (κ1) is 54.7. The summed E-state index contributed by atoms with van der Waals surface area (Å²) in [5, 5.41) is 76.9. The van der Waals surface area contributed by atoms with Crippen LogP contribution in [0.15, 0.2) is 88.4 Å². The SMILES string of the molecule is C.C.CN(C)[C@@H]1C(=O)C(C(N)=O)=C(O)[C@@]2(O)C(=O)C3=C(O)c4c(O)ccc(I)c4C[C@H]3C[C@@H]12.CN(C)[C@@H]1C(OCc2ccccc2)=C(C(N)=O)C(=O)[C@@]2(O)C(=O)C3=C(O)c4c(O)ccc(I)c4C[C@H]3C[C@@H]12. The van der Waals surface area contributed by atoms with Gasteiger partial charge in [-0.15, -0.1) is 0 Å². The van der Waals surface area contributed by atoms with Crippen molar-refractivity contribution < 1.29 is 69.2 Å². The standard InChI is InChI=1S/C28H27IN2O7.C21H21IN2O7.2CH4/c1-31(2)22-16-11-14-10-15-17(29)8-9-18(32)20(15)23(33)19(14)25(34)28(16,37)26(35)21(27(30)36)24(22)38-12-13-6-4-3-5-7-13;1-24(2)15-9-6-7-5-8-10(22)3-4-11(25)13(8)16(26)12(7)18(28)21(9,31)19(29)14(17(15)27)20(23)30;;/h3-9,14,16,22,32-33,37H,10-12H2,1-2H3,(H2,30,36);3-4,7,9,15,25-26,29,31H,5-6H2,1-2H3,(H2,23,30);2*1H4/t14-,16-,22-,28-;7-,9-,15-,21-;;/m00../s1. The second-order valence-corrected chi connectivity index (χ2v) is 20.8. The highest BCUT2D eigenvalue weighted by atomic mass is 127. The number of nitrogens with zero attached hydrogens (tertiary/aromatic N) is 2. The van der Waals surface area contributed by atoms with Crippen molar-refractivity contribution in [1.29, 1.82) is 0 Å². The summed E-state index contributed by atoms with van der Waals surface area (Å²) in [7, 11) is 6.54. The predicted octanol–water partition coefficient (Wildman–Crippen LogP) is 4.07. The van der Waals surface area contributed by atoms with Crippen LogP contribution in [0.3, 0.4) is 0 Å². The Labute approximate surface area is 436 Å². The average Bonchev–Trinajstić information content (AvgIpc) is 3.27. The van der Waals surface area contributed by atoms with E-state index in [9.17, 15) is 64.5 Å². The second kappa shape index (κ2) is 19.7. The van der Waals surface area contributed by atoms with Crippen molar-refractivity contribution in [2.45, 2.75) is 70.4 Å². The molecule has 0 bridgehead atoms. The van der Waals surface area contributed by atoms with Gasteiger partial charge in [0.1, 0.15) is 52.3 Å². The molecule has 2 fully saturated rings. The molecule has 8 atom stereocenters. The van der Waals surface area contributed by atoms with Gasteiger partial charge in [-0.3, -0.25) is 38.6 Å². The van der Waals surface area contributed by atoms with Crippen molar-refractivity contribution in [1.82, 2.24) is 9.80 Å². The van der Waals surface area contributed by atoms with Crippen LogP contribution in [0, 0.1) is 30.8 Å². The molecular weight excluding hydrogens is 1150 g/mol. The number of benzene rings is 3. The van der Waals surface area contributed by atoms with E-state index >= 15 is 0 Å². The molecule has 0 radical (unpaired) electrons. The van der Waals surface area contributed by atoms with Crippen LogP contribution in [0.2, 0.25) is 0 Å². The average molecular weight is 1200 g/mol. The number of halogens is 2. The molecule has 2 amide bonds. The van der Waals surface area contributed by atoms with Crippen LogP contribution < -0.4 is 11.5 Å². The zero-order valence-electron chi connectivity index (χ0n) is 37.5. The molecule has 0 spiro atoms. The Kier molecular flexibility index (Phi) is 15.2. The largest absolute Gasteiger partial charge is 0.508 e. The third-order valence-corrected chi connectivity index (χ3v) is 16.3. The Morgan fingerprint density at radius 2 is 1.08 bits per heavy atom. The lowest BCUT2D eigenvalue weighted by Gasteiger charge is -2.50. The van der Waals surface area contributed by atoms with Crippen LogP contribution >= 0.6 is 45.2 Å². The summed E-state index contributed by atoms with van der Waals surface area (Å²) >= 11 is 4.18. The van der Waals surface area contributed by atoms with Crippen molar-refractivity contribution in [3.8, 4) is 11.5 Å². The topological polar surface area (TPSA) is 312 Å². The van der Waals surface area contributed by atoms with E-state index in [0.29, 0.717) is 24.0 Å². The van der Waals surface area contributed by atoms with Gasteiger partial charge in [-0.05, 0) is 152 Å². The normalized spacial score (nSPS) is 27.5. The van der Waals surface area contributed by atoms with Gasteiger partial charge in [0.15, 0.2) is 17.0 Å². The highest BCUT2D eigenvalue weighted by Gasteiger charge is 2.66. The molecule has 0 heterocycles. The van der Waals surface area contributed by atoms with E-state index in [2.05, 4.69) is 45.2 Å². The molecule has 20 heteroatoms. The van der Waals surface area contributed by atoms with E-state index in [4.69, 9.17) is 16.2 Å². The van der Waals surface area contributed by atoms with Gasteiger partial charge in [0.2, 0.25) is 17.3 Å². The van der Waals surface area contributed by atoms with Gasteiger partial charge in [0.05, 0.1) is 23.2 Å². The van der Waals surface area contributed by atoms with Crippen molar-refractivity contribution in [3.63, 3.8) is 0 Å². The molecule has 9 rings (SSSR count). The number of aliphatic hydroxyl groups is 5. The number of Topliss-reactive ketones (excluding diaryl/α,β-unsaturated/α-hetero) is 4. The van der Waals surface area contributed by atoms with Gasteiger partial charge < -0.3 is 51.9 Å². The molecule has 0 aliphatic heterocycles. The lowest BCUT2D eigenvalue weighted by Crippen LogP contribution is -2.67. The third kappa shape index (κ3) is 8.32. The molecule has 378 valence electrons. The van der Waals surface area contributed by atoms with Crippen LogP contribution in [0.25, 0.3) is 11.5 Å². The van der Waals surface area contributed by atoms with Crippen LogP contribution in [-0.2, 0) is 53.0 Å². The van der Waals surface area contributed by atoms with Crippen LogP contribution in [0.5, 0.6) is 11.5 Å². The molecular formula is C51H56I2N4O14. The fraction of sp³-hybridized carbons (Fsp3) is 0.373. The first-order valence-electron chi connectivity index (χ1n) is 21.7. The number of primary amides is 2. The minimum absolute atomic E-state index is 0. The van der Waals surface area contributed by atoms with Crippen LogP contribution in [0.1, 0.15) is 55.5 Å². The second-order valence-electron chi connectivity index (χ2n) is 18.5. The first-order chi connectivity index (χ1) is 32.4. The van der Waals surface area contributed by atoms with Gasteiger partial charge in [-0.2, -0.15) is 0 Å². The summed E-state index contributed by atoms with van der Waals surface area (Å²) in [4.78, 5) is 81.9. The Hall–Kier alpha value is -5.66. The van der Waals surface area contributed by atoms with E-state index in [1.807, 2.05) is 30.3 Å². The van der Waals surface area contributed by atoms with Gasteiger partial charge in [-0.25, -0.2) is 0 Å². The van der Waals surface area contributed by atoms with E-state index < -0.39 is 110 Å². The monoisotopic (exact) mass is 1200 g/mol. The number of rotatable bonds is 7. The summed E-state index contributed by atoms with van der Waals surface area (Å²) < 4.78 is 7.65. The van der Waals surface area contributed by atoms with Crippen molar-refractivity contribution in [3.05, 3.63) is 123 Å². The lowest BCUT2D eigenvalue weighted by atomic mass is 9.57. The van der Waals surface area contributed by atoms with Gasteiger partial charge >= 0.3 is 0 Å². The molecule has 18 nitrogen and oxygen atoms in total. The van der Waals surface area contributed by atoms with Crippen LogP contribution in [-0.4, -0.2) is 132 Å². The number of nitrogens with two attached hydrogens (primary N) is 2. The number of phenols is 2. The van der Waals surface area contributed by atoms with Crippen molar-refractivity contribution >= 4 is 91.6 Å².